The van der Waals surface area contributed by atoms with Gasteiger partial charge in [-0.15, -0.1) is 0 Å². The lowest BCUT2D eigenvalue weighted by Crippen LogP contribution is -2.44. The summed E-state index contributed by atoms with van der Waals surface area (Å²) in [5, 5.41) is 11.5. The smallest absolute Gasteiger partial charge is 0.320 e. The van der Waals surface area contributed by atoms with Crippen molar-refractivity contribution in [2.24, 2.45) is 0 Å². The van der Waals surface area contributed by atoms with Gasteiger partial charge in [-0.3, -0.25) is 14.5 Å². The highest BCUT2D eigenvalue weighted by atomic mass is 79.9. The van der Waals surface area contributed by atoms with E-state index < -0.39 is 23.7 Å². The summed E-state index contributed by atoms with van der Waals surface area (Å²) >= 11 is 3.14. The second-order valence-electron chi connectivity index (χ2n) is 5.09. The molecule has 1 amide bonds. The second-order valence-corrected chi connectivity index (χ2v) is 6.01. The molecule has 0 bridgehead atoms. The van der Waals surface area contributed by atoms with Crippen LogP contribution < -0.4 is 5.32 Å². The van der Waals surface area contributed by atoms with Gasteiger partial charge in [-0.2, -0.15) is 0 Å². The van der Waals surface area contributed by atoms with Gasteiger partial charge in [0.15, 0.2) is 0 Å². The van der Waals surface area contributed by atoms with Crippen molar-refractivity contribution in [2.45, 2.75) is 31.8 Å². The number of rotatable bonds is 6. The Labute approximate surface area is 130 Å². The van der Waals surface area contributed by atoms with Crippen molar-refractivity contribution in [3.63, 3.8) is 0 Å². The van der Waals surface area contributed by atoms with Crippen molar-refractivity contribution in [1.29, 1.82) is 0 Å². The normalized spacial score (nSPS) is 15.8. The lowest BCUT2D eigenvalue weighted by molar-refractivity contribution is -0.143. The van der Waals surface area contributed by atoms with E-state index in [0.717, 1.165) is 12.8 Å². The van der Waals surface area contributed by atoms with Gasteiger partial charge in [-0.1, -0.05) is 15.9 Å². The van der Waals surface area contributed by atoms with Crippen molar-refractivity contribution >= 4 is 33.5 Å². The van der Waals surface area contributed by atoms with Crippen LogP contribution in [0.3, 0.4) is 0 Å². The Kier molecular flexibility index (Phi) is 4.95. The molecule has 2 N–H and O–H groups in total. The Hall–Kier alpha value is -1.47. The molecule has 1 fully saturated rings. The van der Waals surface area contributed by atoms with Crippen LogP contribution in [0, 0.1) is 5.82 Å². The molecular formula is C14H16BrFN2O3. The quantitative estimate of drug-likeness (QED) is 0.819. The molecule has 2 rings (SSSR count). The summed E-state index contributed by atoms with van der Waals surface area (Å²) < 4.78 is 14.2. The molecule has 21 heavy (non-hydrogen) atoms. The topological polar surface area (TPSA) is 69.6 Å². The number of hydrogen-bond donors (Lipinski definition) is 2. The Morgan fingerprint density at radius 2 is 2.19 bits per heavy atom. The predicted octanol–water partition coefficient (Wildman–Crippen LogP) is 2.46. The molecule has 0 aliphatic heterocycles. The second kappa shape index (κ2) is 6.53. The largest absolute Gasteiger partial charge is 0.480 e. The number of aliphatic carboxylic acids is 1. The van der Waals surface area contributed by atoms with Gasteiger partial charge in [-0.25, -0.2) is 4.39 Å². The Balaban J connectivity index is 2.00. The maximum Gasteiger partial charge on any atom is 0.320 e. The number of nitrogens with one attached hydrogen (secondary N) is 1. The van der Waals surface area contributed by atoms with Gasteiger partial charge in [0.05, 0.1) is 12.2 Å². The first kappa shape index (κ1) is 15.9. The van der Waals surface area contributed by atoms with E-state index in [1.54, 1.807) is 17.9 Å². The van der Waals surface area contributed by atoms with Crippen molar-refractivity contribution < 1.29 is 19.1 Å². The highest BCUT2D eigenvalue weighted by Gasteiger charge is 2.36. The van der Waals surface area contributed by atoms with Crippen LogP contribution >= 0.6 is 15.9 Å². The Bertz CT molecular complexity index is 563. The van der Waals surface area contributed by atoms with Crippen LogP contribution in [-0.4, -0.2) is 40.5 Å². The number of carbonyl (C=O) groups excluding carboxylic acids is 1. The van der Waals surface area contributed by atoms with Crippen LogP contribution in [0.25, 0.3) is 0 Å². The number of nitrogens with zero attached hydrogens (tertiary/aromatic N) is 1. The van der Waals surface area contributed by atoms with Crippen molar-refractivity contribution in [1.82, 2.24) is 4.90 Å². The van der Waals surface area contributed by atoms with Crippen LogP contribution in [0.5, 0.6) is 0 Å². The summed E-state index contributed by atoms with van der Waals surface area (Å²) in [6.07, 6.45) is 1.77. The van der Waals surface area contributed by atoms with E-state index in [1.165, 1.54) is 12.1 Å². The molecule has 1 unspecified atom stereocenters. The third-order valence-corrected chi connectivity index (χ3v) is 3.90. The van der Waals surface area contributed by atoms with Gasteiger partial charge in [0, 0.05) is 10.5 Å². The van der Waals surface area contributed by atoms with Gasteiger partial charge < -0.3 is 10.4 Å². The number of hydrogen-bond acceptors (Lipinski definition) is 3. The van der Waals surface area contributed by atoms with Gasteiger partial charge in [0.1, 0.15) is 11.9 Å². The maximum atomic E-state index is 13.7. The lowest BCUT2D eigenvalue weighted by Gasteiger charge is -2.25. The number of benzene rings is 1. The molecule has 0 spiro atoms. The number of carboxylic acids is 1. The van der Waals surface area contributed by atoms with Crippen LogP contribution in [0.2, 0.25) is 0 Å². The number of carboxylic acid groups (broad SMARTS) is 1. The fourth-order valence-electron chi connectivity index (χ4n) is 2.08. The molecule has 0 aromatic heterocycles. The summed E-state index contributed by atoms with van der Waals surface area (Å²) in [5.41, 5.74) is 0.0851. The molecule has 1 aromatic rings. The molecule has 0 radical (unpaired) electrons. The maximum absolute atomic E-state index is 13.7. The molecule has 0 heterocycles. The van der Waals surface area contributed by atoms with Gasteiger partial charge >= 0.3 is 5.97 Å². The SMILES string of the molecule is CC(C(=O)O)N(CC(=O)Nc1ccc(Br)cc1F)C1CC1. The summed E-state index contributed by atoms with van der Waals surface area (Å²) in [4.78, 5) is 24.7. The van der Waals surface area contributed by atoms with E-state index in [9.17, 15) is 14.0 Å². The third kappa shape index (κ3) is 4.25. The molecule has 1 aliphatic rings. The van der Waals surface area contributed by atoms with E-state index in [2.05, 4.69) is 21.2 Å². The molecule has 1 atom stereocenters. The molecule has 1 aromatic carbocycles. The van der Waals surface area contributed by atoms with Crippen LogP contribution in [-0.2, 0) is 9.59 Å². The van der Waals surface area contributed by atoms with E-state index in [4.69, 9.17) is 5.11 Å². The number of amides is 1. The first-order chi connectivity index (χ1) is 9.88. The van der Waals surface area contributed by atoms with Gasteiger partial charge in [-0.05, 0) is 38.0 Å². The molecule has 114 valence electrons. The summed E-state index contributed by atoms with van der Waals surface area (Å²) in [7, 11) is 0. The van der Waals surface area contributed by atoms with Crippen molar-refractivity contribution in [3.05, 3.63) is 28.5 Å². The molecule has 7 heteroatoms. The molecule has 5 nitrogen and oxygen atoms in total. The van der Waals surface area contributed by atoms with Crippen LogP contribution in [0.4, 0.5) is 10.1 Å². The predicted molar refractivity (Wildman–Crippen MR) is 79.6 cm³/mol. The van der Waals surface area contributed by atoms with Crippen LogP contribution in [0.15, 0.2) is 22.7 Å². The van der Waals surface area contributed by atoms with Gasteiger partial charge in [0.25, 0.3) is 0 Å². The first-order valence-electron chi connectivity index (χ1n) is 6.62. The number of halogens is 2. The fourth-order valence-corrected chi connectivity index (χ4v) is 2.41. The minimum absolute atomic E-state index is 0.0619. The van der Waals surface area contributed by atoms with Crippen molar-refractivity contribution in [2.75, 3.05) is 11.9 Å². The minimum atomic E-state index is -0.968. The lowest BCUT2D eigenvalue weighted by atomic mass is 10.2. The zero-order chi connectivity index (χ0) is 15.6. The van der Waals surface area contributed by atoms with E-state index in [-0.39, 0.29) is 18.3 Å². The average Bonchev–Trinajstić information content (AvgIpc) is 3.23. The van der Waals surface area contributed by atoms with Crippen molar-refractivity contribution in [3.8, 4) is 0 Å². The third-order valence-electron chi connectivity index (χ3n) is 3.40. The monoisotopic (exact) mass is 358 g/mol. The Morgan fingerprint density at radius 1 is 1.52 bits per heavy atom. The molecule has 0 saturated heterocycles. The standard InChI is InChI=1S/C14H16BrFN2O3/c1-8(14(20)21)18(10-3-4-10)7-13(19)17-12-5-2-9(15)6-11(12)16/h2,5-6,8,10H,3-4,7H2,1H3,(H,17,19)(H,20,21). The Morgan fingerprint density at radius 3 is 2.71 bits per heavy atom. The average molecular weight is 359 g/mol. The fraction of sp³-hybridized carbons (Fsp3) is 0.429. The first-order valence-corrected chi connectivity index (χ1v) is 7.41. The zero-order valence-corrected chi connectivity index (χ0v) is 13.1. The molecular weight excluding hydrogens is 343 g/mol. The summed E-state index contributed by atoms with van der Waals surface area (Å²) in [6.45, 7) is 1.49. The van der Waals surface area contributed by atoms with E-state index >= 15 is 0 Å². The van der Waals surface area contributed by atoms with Crippen LogP contribution in [0.1, 0.15) is 19.8 Å². The van der Waals surface area contributed by atoms with E-state index in [1.807, 2.05) is 0 Å². The van der Waals surface area contributed by atoms with E-state index in [0.29, 0.717) is 4.47 Å². The molecule has 1 saturated carbocycles. The zero-order valence-electron chi connectivity index (χ0n) is 11.5. The highest BCUT2D eigenvalue weighted by Crippen LogP contribution is 2.28. The minimum Gasteiger partial charge on any atom is -0.480 e. The van der Waals surface area contributed by atoms with Gasteiger partial charge in [0.2, 0.25) is 5.91 Å². The number of carbonyl (C=O) groups is 2. The summed E-state index contributed by atoms with van der Waals surface area (Å²) in [5.74, 6) is -1.93. The number of anilines is 1. The molecule has 1 aliphatic carbocycles. The summed E-state index contributed by atoms with van der Waals surface area (Å²) in [6, 6.07) is 3.72. The highest BCUT2D eigenvalue weighted by molar-refractivity contribution is 9.10.